The Morgan fingerprint density at radius 2 is 1.65 bits per heavy atom. The molecule has 0 radical (unpaired) electrons. The van der Waals surface area contributed by atoms with E-state index in [4.69, 9.17) is 4.74 Å². The van der Waals surface area contributed by atoms with Crippen LogP contribution in [0.15, 0.2) is 54.6 Å². The fourth-order valence-corrected chi connectivity index (χ4v) is 2.72. The first-order valence-electron chi connectivity index (χ1n) is 8.90. The van der Waals surface area contributed by atoms with E-state index < -0.39 is 0 Å². The predicted octanol–water partition coefficient (Wildman–Crippen LogP) is 4.47. The van der Waals surface area contributed by atoms with Gasteiger partial charge in [-0.15, -0.1) is 0 Å². The molecule has 0 aliphatic rings. The Bertz CT molecular complexity index is 553. The van der Waals surface area contributed by atoms with E-state index in [1.807, 2.05) is 0 Å². The third-order valence-corrected chi connectivity index (χ3v) is 4.24. The van der Waals surface area contributed by atoms with Gasteiger partial charge in [0.05, 0.1) is 6.61 Å². The first kappa shape index (κ1) is 17.6. The predicted molar refractivity (Wildman–Crippen MR) is 96.6 cm³/mol. The van der Waals surface area contributed by atoms with Crippen LogP contribution in [0.1, 0.15) is 56.7 Å². The molecule has 0 saturated heterocycles. The molecule has 0 saturated carbocycles. The zero-order valence-electron chi connectivity index (χ0n) is 14.5. The molecule has 2 nitrogen and oxygen atoms in total. The number of para-hydroxylation sites is 1. The molecule has 124 valence electrons. The summed E-state index contributed by atoms with van der Waals surface area (Å²) in [7, 11) is 0. The second-order valence-corrected chi connectivity index (χ2v) is 6.16. The number of nitrogens with two attached hydrogens (primary N) is 1. The summed E-state index contributed by atoms with van der Waals surface area (Å²) >= 11 is 0. The number of ether oxygens (including phenoxy) is 1. The molecule has 2 aromatic carbocycles. The molecule has 2 heteroatoms. The maximum Gasteiger partial charge on any atom is 0.128 e. The standard InChI is InChI=1S/C21H29NO/c1-3-4-5-11-16-23-21-15-10-9-14-20(21)17-22-18(2)19-12-7-6-8-13-19/h6-10,12-15,18,22H,3-5,11,16-17H2,1-2H3/p+1/t18-/m1/s1. The molecule has 0 unspecified atom stereocenters. The molecule has 0 amide bonds. The number of hydrogen-bond acceptors (Lipinski definition) is 1. The maximum absolute atomic E-state index is 6.00. The van der Waals surface area contributed by atoms with Crippen molar-refractivity contribution in [3.05, 3.63) is 65.7 Å². The molecule has 2 aromatic rings. The molecular formula is C21H30NO+. The monoisotopic (exact) mass is 312 g/mol. The molecule has 0 spiro atoms. The minimum Gasteiger partial charge on any atom is -0.493 e. The quantitative estimate of drug-likeness (QED) is 0.644. The number of rotatable bonds is 10. The van der Waals surface area contributed by atoms with Gasteiger partial charge in [-0.1, -0.05) is 68.7 Å². The van der Waals surface area contributed by atoms with E-state index in [1.54, 1.807) is 0 Å². The van der Waals surface area contributed by atoms with Gasteiger partial charge >= 0.3 is 0 Å². The summed E-state index contributed by atoms with van der Waals surface area (Å²) in [5.74, 6) is 1.04. The van der Waals surface area contributed by atoms with Gasteiger partial charge in [0.15, 0.2) is 0 Å². The lowest BCUT2D eigenvalue weighted by Crippen LogP contribution is -2.83. The van der Waals surface area contributed by atoms with Crippen LogP contribution in [-0.4, -0.2) is 6.61 Å². The van der Waals surface area contributed by atoms with Gasteiger partial charge in [-0.05, 0) is 25.5 Å². The van der Waals surface area contributed by atoms with Crippen LogP contribution in [0.5, 0.6) is 5.75 Å². The van der Waals surface area contributed by atoms with Crippen molar-refractivity contribution in [2.75, 3.05) is 6.61 Å². The van der Waals surface area contributed by atoms with Crippen molar-refractivity contribution >= 4 is 0 Å². The average molecular weight is 312 g/mol. The normalized spacial score (nSPS) is 12.1. The molecule has 2 N–H and O–H groups in total. The average Bonchev–Trinajstić information content (AvgIpc) is 2.61. The molecule has 0 aliphatic heterocycles. The molecule has 0 aliphatic carbocycles. The van der Waals surface area contributed by atoms with E-state index in [9.17, 15) is 0 Å². The number of benzene rings is 2. The Balaban J connectivity index is 1.85. The molecule has 0 fully saturated rings. The zero-order valence-corrected chi connectivity index (χ0v) is 14.5. The van der Waals surface area contributed by atoms with Crippen LogP contribution in [0.3, 0.4) is 0 Å². The smallest absolute Gasteiger partial charge is 0.128 e. The molecular weight excluding hydrogens is 282 g/mol. The summed E-state index contributed by atoms with van der Waals surface area (Å²) in [6, 6.07) is 19.5. The maximum atomic E-state index is 6.00. The Morgan fingerprint density at radius 3 is 2.43 bits per heavy atom. The highest BCUT2D eigenvalue weighted by Crippen LogP contribution is 2.18. The van der Waals surface area contributed by atoms with E-state index in [1.165, 1.54) is 30.4 Å². The van der Waals surface area contributed by atoms with E-state index in [2.05, 4.69) is 73.8 Å². The number of unbranched alkanes of at least 4 members (excludes halogenated alkanes) is 3. The summed E-state index contributed by atoms with van der Waals surface area (Å²) in [5.41, 5.74) is 2.65. The summed E-state index contributed by atoms with van der Waals surface area (Å²) in [6.45, 7) is 6.26. The van der Waals surface area contributed by atoms with Crippen LogP contribution in [0, 0.1) is 0 Å². The van der Waals surface area contributed by atoms with Gasteiger partial charge in [0.2, 0.25) is 0 Å². The van der Waals surface area contributed by atoms with Gasteiger partial charge in [0, 0.05) is 11.1 Å². The number of hydrogen-bond donors (Lipinski definition) is 1. The van der Waals surface area contributed by atoms with E-state index in [0.29, 0.717) is 6.04 Å². The van der Waals surface area contributed by atoms with Gasteiger partial charge < -0.3 is 10.1 Å². The third kappa shape index (κ3) is 6.07. The minimum absolute atomic E-state index is 0.453. The molecule has 0 aromatic heterocycles. The van der Waals surface area contributed by atoms with Crippen molar-refractivity contribution in [2.24, 2.45) is 0 Å². The van der Waals surface area contributed by atoms with Crippen LogP contribution in [-0.2, 0) is 6.54 Å². The SMILES string of the molecule is CCCCCCOc1ccccc1C[NH2+][C@H](C)c1ccccc1. The van der Waals surface area contributed by atoms with Crippen LogP contribution >= 0.6 is 0 Å². The van der Waals surface area contributed by atoms with E-state index >= 15 is 0 Å². The Kier molecular flexibility index (Phi) is 7.68. The molecule has 23 heavy (non-hydrogen) atoms. The molecule has 0 heterocycles. The van der Waals surface area contributed by atoms with Gasteiger partial charge in [0.25, 0.3) is 0 Å². The molecule has 2 rings (SSSR count). The molecule has 1 atom stereocenters. The van der Waals surface area contributed by atoms with Crippen molar-refractivity contribution in [1.82, 2.24) is 0 Å². The lowest BCUT2D eigenvalue weighted by atomic mass is 10.1. The minimum atomic E-state index is 0.453. The van der Waals surface area contributed by atoms with Crippen molar-refractivity contribution in [3.63, 3.8) is 0 Å². The second kappa shape index (κ2) is 10.1. The Morgan fingerprint density at radius 1 is 0.913 bits per heavy atom. The van der Waals surface area contributed by atoms with Crippen LogP contribution in [0.4, 0.5) is 0 Å². The van der Waals surface area contributed by atoms with Crippen molar-refractivity contribution in [2.45, 2.75) is 52.1 Å². The van der Waals surface area contributed by atoms with Gasteiger partial charge in [-0.25, -0.2) is 0 Å². The van der Waals surface area contributed by atoms with Crippen molar-refractivity contribution < 1.29 is 10.1 Å². The lowest BCUT2D eigenvalue weighted by molar-refractivity contribution is -0.708. The van der Waals surface area contributed by atoms with Gasteiger partial charge in [-0.2, -0.15) is 0 Å². The fourth-order valence-electron chi connectivity index (χ4n) is 2.72. The van der Waals surface area contributed by atoms with Crippen molar-refractivity contribution in [3.8, 4) is 5.75 Å². The van der Waals surface area contributed by atoms with Crippen molar-refractivity contribution in [1.29, 1.82) is 0 Å². The fraction of sp³-hybridized carbons (Fsp3) is 0.429. The highest BCUT2D eigenvalue weighted by molar-refractivity contribution is 5.32. The lowest BCUT2D eigenvalue weighted by Gasteiger charge is -2.14. The van der Waals surface area contributed by atoms with Crippen LogP contribution in [0.2, 0.25) is 0 Å². The Labute approximate surface area is 140 Å². The van der Waals surface area contributed by atoms with E-state index in [-0.39, 0.29) is 0 Å². The highest BCUT2D eigenvalue weighted by Gasteiger charge is 2.10. The first-order chi connectivity index (χ1) is 11.3. The van der Waals surface area contributed by atoms with Crippen LogP contribution < -0.4 is 10.1 Å². The topological polar surface area (TPSA) is 25.8 Å². The third-order valence-electron chi connectivity index (χ3n) is 4.24. The van der Waals surface area contributed by atoms with Gasteiger partial charge in [0.1, 0.15) is 18.3 Å². The van der Waals surface area contributed by atoms with Gasteiger partial charge in [-0.3, -0.25) is 0 Å². The zero-order chi connectivity index (χ0) is 16.3. The summed E-state index contributed by atoms with van der Waals surface area (Å²) in [5, 5.41) is 2.37. The number of quaternary nitrogens is 1. The van der Waals surface area contributed by atoms with Crippen LogP contribution in [0.25, 0.3) is 0 Å². The Hall–Kier alpha value is -1.80. The second-order valence-electron chi connectivity index (χ2n) is 6.16. The summed E-state index contributed by atoms with van der Waals surface area (Å²) < 4.78 is 6.00. The summed E-state index contributed by atoms with van der Waals surface area (Å²) in [6.07, 6.45) is 4.97. The molecule has 0 bridgehead atoms. The largest absolute Gasteiger partial charge is 0.493 e. The first-order valence-corrected chi connectivity index (χ1v) is 8.90. The summed E-state index contributed by atoms with van der Waals surface area (Å²) in [4.78, 5) is 0. The van der Waals surface area contributed by atoms with E-state index in [0.717, 1.165) is 25.3 Å². The highest BCUT2D eigenvalue weighted by atomic mass is 16.5.